The molecule has 1 aliphatic rings. The molecule has 3 aromatic rings. The molecule has 4 rings (SSSR count). The third kappa shape index (κ3) is 4.44. The van der Waals surface area contributed by atoms with E-state index in [0.29, 0.717) is 11.5 Å². The Bertz CT molecular complexity index is 1370. The van der Waals surface area contributed by atoms with Gasteiger partial charge in [-0.05, 0) is 61.6 Å². The molecule has 6 nitrogen and oxygen atoms in total. The van der Waals surface area contributed by atoms with Gasteiger partial charge in [0, 0.05) is 29.1 Å². The first-order chi connectivity index (χ1) is 16.2. The Kier molecular flexibility index (Phi) is 6.03. The van der Waals surface area contributed by atoms with Gasteiger partial charge in [0.05, 0.1) is 17.4 Å². The molecule has 186 valence electrons. The van der Waals surface area contributed by atoms with Crippen molar-refractivity contribution in [2.75, 3.05) is 6.54 Å². The number of esters is 1. The maximum Gasteiger partial charge on any atom is 0.435 e. The molecule has 0 unspecified atom stereocenters. The zero-order chi connectivity index (χ0) is 25.9. The van der Waals surface area contributed by atoms with Crippen LogP contribution < -0.4 is 0 Å². The van der Waals surface area contributed by atoms with Crippen molar-refractivity contribution >= 4 is 39.2 Å². The second kappa shape index (κ2) is 8.47. The smallest absolute Gasteiger partial charge is 0.435 e. The molecule has 0 spiro atoms. The van der Waals surface area contributed by atoms with Crippen LogP contribution in [-0.2, 0) is 21.1 Å². The second-order valence-electron chi connectivity index (χ2n) is 9.39. The summed E-state index contributed by atoms with van der Waals surface area (Å²) in [6, 6.07) is 3.88. The summed E-state index contributed by atoms with van der Waals surface area (Å²) in [5.74, 6) is -1.80. The van der Waals surface area contributed by atoms with Gasteiger partial charge in [-0.25, -0.2) is 9.18 Å². The van der Waals surface area contributed by atoms with Crippen LogP contribution in [0.5, 0.6) is 0 Å². The van der Waals surface area contributed by atoms with Gasteiger partial charge in [0.1, 0.15) is 10.6 Å². The number of benzene rings is 1. The van der Waals surface area contributed by atoms with Crippen molar-refractivity contribution in [3.8, 4) is 0 Å². The van der Waals surface area contributed by atoms with Gasteiger partial charge in [-0.2, -0.15) is 17.5 Å². The lowest BCUT2D eigenvalue weighted by Crippen LogP contribution is -2.37. The molecule has 1 N–H and O–H groups in total. The lowest BCUT2D eigenvalue weighted by Gasteiger charge is -2.29. The molecule has 35 heavy (non-hydrogen) atoms. The highest BCUT2D eigenvalue weighted by Crippen LogP contribution is 2.46. The average Bonchev–Trinajstić information content (AvgIpc) is 3.27. The number of carbonyl (C=O) groups is 2. The van der Waals surface area contributed by atoms with E-state index in [0.717, 1.165) is 0 Å². The molecule has 0 fully saturated rings. The van der Waals surface area contributed by atoms with Crippen molar-refractivity contribution in [3.63, 3.8) is 0 Å². The number of rotatable bonds is 3. The first-order valence-corrected chi connectivity index (χ1v) is 11.6. The first-order valence-electron chi connectivity index (χ1n) is 10.8. The average molecular weight is 510 g/mol. The quantitative estimate of drug-likeness (QED) is 0.357. The molecule has 0 saturated carbocycles. The Morgan fingerprint density at radius 3 is 2.54 bits per heavy atom. The molecule has 1 amide bonds. The summed E-state index contributed by atoms with van der Waals surface area (Å²) < 4.78 is 64.2. The summed E-state index contributed by atoms with van der Waals surface area (Å²) in [6.45, 7) is 8.14. The van der Waals surface area contributed by atoms with Crippen LogP contribution in [0.1, 0.15) is 60.6 Å². The summed E-state index contributed by atoms with van der Waals surface area (Å²) in [5, 5.41) is -0.127. The number of hydrogen-bond acceptors (Lipinski definition) is 5. The van der Waals surface area contributed by atoms with Crippen molar-refractivity contribution in [1.29, 1.82) is 0 Å². The maximum atomic E-state index is 13.8. The van der Waals surface area contributed by atoms with Crippen LogP contribution >= 0.6 is 11.5 Å². The van der Waals surface area contributed by atoms with E-state index in [1.807, 2.05) is 0 Å². The zero-order valence-corrected chi connectivity index (χ0v) is 20.4. The van der Waals surface area contributed by atoms with Crippen molar-refractivity contribution in [2.24, 2.45) is 0 Å². The van der Waals surface area contributed by atoms with Gasteiger partial charge in [0.15, 0.2) is 5.69 Å². The normalized spacial score (nSPS) is 15.7. The third-order valence-corrected chi connectivity index (χ3v) is 6.49. The lowest BCUT2D eigenvalue weighted by atomic mass is 9.81. The predicted octanol–water partition coefficient (Wildman–Crippen LogP) is 5.82. The number of alkyl halides is 3. The van der Waals surface area contributed by atoms with Crippen LogP contribution in [0.25, 0.3) is 15.8 Å². The minimum Gasteiger partial charge on any atom is -0.459 e. The van der Waals surface area contributed by atoms with Crippen molar-refractivity contribution < 1.29 is 31.9 Å². The van der Waals surface area contributed by atoms with Gasteiger partial charge >= 0.3 is 12.1 Å². The molecule has 1 aromatic carbocycles. The fraction of sp³-hybridized carbons (Fsp3) is 0.375. The van der Waals surface area contributed by atoms with Crippen LogP contribution in [0.2, 0.25) is 0 Å². The van der Waals surface area contributed by atoms with E-state index in [-0.39, 0.29) is 44.7 Å². The van der Waals surface area contributed by atoms with E-state index < -0.39 is 41.1 Å². The van der Waals surface area contributed by atoms with E-state index in [2.05, 4.69) is 9.36 Å². The number of nitrogens with zero attached hydrogens (tertiary/aromatic N) is 2. The molecule has 11 heteroatoms. The number of aromatic nitrogens is 2. The largest absolute Gasteiger partial charge is 0.459 e. The summed E-state index contributed by atoms with van der Waals surface area (Å²) in [7, 11) is 0. The van der Waals surface area contributed by atoms with Crippen LogP contribution in [0.15, 0.2) is 24.4 Å². The SMILES string of the molecule is Cc1cc(C(=O)N2C=C(C(=O)OC(C)C)c3[nH]c4snc(C(F)(F)F)c4c3C(C)(C)C2)ccc1F. The lowest BCUT2D eigenvalue weighted by molar-refractivity contribution is -0.140. The van der Waals surface area contributed by atoms with Gasteiger partial charge in [0.25, 0.3) is 5.91 Å². The molecule has 0 bridgehead atoms. The number of halogens is 4. The van der Waals surface area contributed by atoms with Crippen LogP contribution in [0.3, 0.4) is 0 Å². The molecule has 3 heterocycles. The minimum absolute atomic E-state index is 0.0478. The highest BCUT2D eigenvalue weighted by Gasteiger charge is 2.44. The number of aryl methyl sites for hydroxylation is 1. The van der Waals surface area contributed by atoms with E-state index >= 15 is 0 Å². The van der Waals surface area contributed by atoms with Gasteiger partial charge in [-0.15, -0.1) is 0 Å². The third-order valence-electron chi connectivity index (χ3n) is 5.72. The number of carbonyl (C=O) groups excluding carboxylic acids is 2. The van der Waals surface area contributed by atoms with Crippen molar-refractivity contribution in [1.82, 2.24) is 14.3 Å². The van der Waals surface area contributed by atoms with Crippen LogP contribution in [0, 0.1) is 12.7 Å². The monoisotopic (exact) mass is 509 g/mol. The highest BCUT2D eigenvalue weighted by atomic mass is 32.1. The predicted molar refractivity (Wildman–Crippen MR) is 123 cm³/mol. The standard InChI is InChI=1S/C24H23F4N3O3S/c1-11(2)34-22(33)14-9-31(21(32)13-6-7-15(25)12(3)8-13)10-23(4,5)17-16-19(24(26,27)28)30-35-20(16)29-18(14)17/h6-9,11,29H,10H2,1-5H3. The number of ether oxygens (including phenoxy) is 1. The number of hydrogen-bond donors (Lipinski definition) is 1. The Hall–Kier alpha value is -3.21. The first kappa shape index (κ1) is 24.9. The van der Waals surface area contributed by atoms with Gasteiger partial charge < -0.3 is 14.6 Å². The second-order valence-corrected chi connectivity index (χ2v) is 10.2. The maximum absolute atomic E-state index is 13.8. The Labute approximate surface area is 202 Å². The number of amides is 1. The molecule has 0 aliphatic carbocycles. The topological polar surface area (TPSA) is 75.3 Å². The summed E-state index contributed by atoms with van der Waals surface area (Å²) >= 11 is 0.655. The molecular formula is C24H23F4N3O3S. The fourth-order valence-corrected chi connectivity index (χ4v) is 5.07. The Morgan fingerprint density at radius 1 is 1.26 bits per heavy atom. The summed E-state index contributed by atoms with van der Waals surface area (Å²) in [6.07, 6.45) is -3.92. The van der Waals surface area contributed by atoms with Crippen molar-refractivity contribution in [3.05, 3.63) is 58.3 Å². The zero-order valence-electron chi connectivity index (χ0n) is 19.6. The minimum atomic E-state index is -4.71. The molecule has 0 atom stereocenters. The van der Waals surface area contributed by atoms with E-state index in [1.165, 1.54) is 36.2 Å². The van der Waals surface area contributed by atoms with E-state index in [4.69, 9.17) is 4.74 Å². The Morgan fingerprint density at radius 2 is 1.94 bits per heavy atom. The van der Waals surface area contributed by atoms with E-state index in [9.17, 15) is 27.2 Å². The molecular weight excluding hydrogens is 486 g/mol. The van der Waals surface area contributed by atoms with Gasteiger partial charge in [-0.3, -0.25) is 4.79 Å². The van der Waals surface area contributed by atoms with E-state index in [1.54, 1.807) is 27.7 Å². The number of nitrogens with one attached hydrogen (secondary N) is 1. The Balaban J connectivity index is 1.93. The summed E-state index contributed by atoms with van der Waals surface area (Å²) in [4.78, 5) is 30.9. The highest BCUT2D eigenvalue weighted by molar-refractivity contribution is 7.13. The van der Waals surface area contributed by atoms with Crippen LogP contribution in [-0.4, -0.2) is 38.8 Å². The van der Waals surface area contributed by atoms with Gasteiger partial charge in [0.2, 0.25) is 0 Å². The number of fused-ring (bicyclic) bond motifs is 3. The fourth-order valence-electron chi connectivity index (χ4n) is 4.26. The van der Waals surface area contributed by atoms with Crippen LogP contribution in [0.4, 0.5) is 17.6 Å². The number of H-pyrrole nitrogens is 1. The van der Waals surface area contributed by atoms with Crippen molar-refractivity contribution in [2.45, 2.75) is 52.3 Å². The van der Waals surface area contributed by atoms with Gasteiger partial charge in [-0.1, -0.05) is 13.8 Å². The molecule has 0 radical (unpaired) electrons. The molecule has 1 aliphatic heterocycles. The number of aromatic amines is 1. The summed E-state index contributed by atoms with van der Waals surface area (Å²) in [5.41, 5.74) is -1.34. The molecule has 2 aromatic heterocycles. The molecule has 0 saturated heterocycles.